The van der Waals surface area contributed by atoms with Gasteiger partial charge in [0.25, 0.3) is 0 Å². The third-order valence-corrected chi connectivity index (χ3v) is 4.75. The van der Waals surface area contributed by atoms with Crippen molar-refractivity contribution in [3.05, 3.63) is 47.4 Å². The van der Waals surface area contributed by atoms with Gasteiger partial charge in [-0.15, -0.1) is 0 Å². The smallest absolute Gasteiger partial charge is 0.136 e. The molecular weight excluding hydrogens is 298 g/mol. The molecule has 0 fully saturated rings. The Morgan fingerprint density at radius 3 is 2.29 bits per heavy atom. The summed E-state index contributed by atoms with van der Waals surface area (Å²) < 4.78 is 2.17. The van der Waals surface area contributed by atoms with Gasteiger partial charge in [-0.2, -0.15) is 0 Å². The summed E-state index contributed by atoms with van der Waals surface area (Å²) in [6.45, 7) is 12.9. The lowest BCUT2D eigenvalue weighted by Gasteiger charge is -2.30. The highest BCUT2D eigenvalue weighted by atomic mass is 16.3. The Hall–Kier alpha value is -1.65. The van der Waals surface area contributed by atoms with Crippen molar-refractivity contribution in [1.82, 2.24) is 14.5 Å². The molecular formula is C20H31N3O. The predicted octanol–water partition coefficient (Wildman–Crippen LogP) is 3.69. The quantitative estimate of drug-likeness (QED) is 0.803. The van der Waals surface area contributed by atoms with Gasteiger partial charge < -0.3 is 9.67 Å². The fourth-order valence-electron chi connectivity index (χ4n) is 3.20. The first-order valence-corrected chi connectivity index (χ1v) is 8.94. The van der Waals surface area contributed by atoms with Gasteiger partial charge >= 0.3 is 0 Å². The van der Waals surface area contributed by atoms with Crippen molar-refractivity contribution in [1.29, 1.82) is 0 Å². The molecule has 0 radical (unpaired) electrons. The molecule has 0 saturated heterocycles. The molecule has 2 rings (SSSR count). The topological polar surface area (TPSA) is 41.3 Å². The number of rotatable bonds is 8. The fourth-order valence-corrected chi connectivity index (χ4v) is 3.20. The van der Waals surface area contributed by atoms with E-state index in [0.717, 1.165) is 25.3 Å². The first kappa shape index (κ1) is 18.7. The van der Waals surface area contributed by atoms with E-state index in [9.17, 15) is 5.11 Å². The van der Waals surface area contributed by atoms with Crippen LogP contribution in [0.15, 0.2) is 30.5 Å². The first-order chi connectivity index (χ1) is 11.5. The third-order valence-electron chi connectivity index (χ3n) is 4.75. The molecule has 2 atom stereocenters. The van der Waals surface area contributed by atoms with Crippen molar-refractivity contribution < 1.29 is 5.11 Å². The standard InChI is InChI=1S/C20H31N3O/c1-6-11-22(18(5)14-24)13-15(2)19-9-10-20(21-12-19)23-16(3)7-8-17(23)4/h7-10,12,15,18,24H,6,11,13-14H2,1-5H3/t15-,18-/m0/s1. The molecule has 0 aliphatic rings. The average Bonchev–Trinajstić information content (AvgIpc) is 2.92. The Bertz CT molecular complexity index is 613. The Labute approximate surface area is 146 Å². The zero-order chi connectivity index (χ0) is 17.7. The number of hydrogen-bond donors (Lipinski definition) is 1. The number of nitrogens with zero attached hydrogens (tertiary/aromatic N) is 3. The van der Waals surface area contributed by atoms with E-state index in [1.165, 1.54) is 17.0 Å². The molecule has 2 aromatic heterocycles. The van der Waals surface area contributed by atoms with Crippen molar-refractivity contribution >= 4 is 0 Å². The lowest BCUT2D eigenvalue weighted by atomic mass is 10.0. The monoisotopic (exact) mass is 329 g/mol. The lowest BCUT2D eigenvalue weighted by molar-refractivity contribution is 0.129. The predicted molar refractivity (Wildman–Crippen MR) is 99.9 cm³/mol. The molecule has 0 bridgehead atoms. The number of pyridine rings is 1. The first-order valence-electron chi connectivity index (χ1n) is 8.94. The highest BCUT2D eigenvalue weighted by Crippen LogP contribution is 2.20. The third kappa shape index (κ3) is 4.25. The van der Waals surface area contributed by atoms with Crippen LogP contribution in [0.25, 0.3) is 5.82 Å². The molecule has 24 heavy (non-hydrogen) atoms. The van der Waals surface area contributed by atoms with Crippen LogP contribution in [0.1, 0.15) is 50.1 Å². The van der Waals surface area contributed by atoms with E-state index in [2.05, 4.69) is 73.3 Å². The molecule has 1 N–H and O–H groups in total. The highest BCUT2D eigenvalue weighted by Gasteiger charge is 2.17. The summed E-state index contributed by atoms with van der Waals surface area (Å²) in [5, 5.41) is 9.45. The van der Waals surface area contributed by atoms with Gasteiger partial charge in [0.15, 0.2) is 0 Å². The molecule has 4 nitrogen and oxygen atoms in total. The number of hydrogen-bond acceptors (Lipinski definition) is 3. The molecule has 4 heteroatoms. The number of aliphatic hydroxyl groups is 1. The molecule has 0 aliphatic carbocycles. The van der Waals surface area contributed by atoms with Gasteiger partial charge in [0, 0.05) is 30.2 Å². The van der Waals surface area contributed by atoms with Crippen molar-refractivity contribution in [2.45, 2.75) is 53.0 Å². The lowest BCUT2D eigenvalue weighted by Crippen LogP contribution is -2.38. The van der Waals surface area contributed by atoms with Crippen molar-refractivity contribution in [3.8, 4) is 5.82 Å². The minimum Gasteiger partial charge on any atom is -0.395 e. The van der Waals surface area contributed by atoms with Crippen LogP contribution in [0.4, 0.5) is 0 Å². The minimum absolute atomic E-state index is 0.199. The molecule has 0 unspecified atom stereocenters. The number of aliphatic hydroxyl groups excluding tert-OH is 1. The second-order valence-electron chi connectivity index (χ2n) is 6.83. The van der Waals surface area contributed by atoms with Crippen LogP contribution < -0.4 is 0 Å². The number of aromatic nitrogens is 2. The SMILES string of the molecule is CCCN(C[C@H](C)c1ccc(-n2c(C)ccc2C)nc1)[C@@H](C)CO. The van der Waals surface area contributed by atoms with Crippen LogP contribution in [0.3, 0.4) is 0 Å². The van der Waals surface area contributed by atoms with Crippen LogP contribution in [-0.2, 0) is 0 Å². The zero-order valence-electron chi connectivity index (χ0n) is 15.7. The van der Waals surface area contributed by atoms with Gasteiger partial charge in [-0.3, -0.25) is 4.90 Å². The van der Waals surface area contributed by atoms with Gasteiger partial charge in [0.1, 0.15) is 5.82 Å². The van der Waals surface area contributed by atoms with Gasteiger partial charge in [-0.05, 0) is 63.4 Å². The van der Waals surface area contributed by atoms with E-state index in [1.54, 1.807) is 0 Å². The molecule has 0 saturated carbocycles. The van der Waals surface area contributed by atoms with Crippen LogP contribution >= 0.6 is 0 Å². The summed E-state index contributed by atoms with van der Waals surface area (Å²) >= 11 is 0. The molecule has 132 valence electrons. The molecule has 0 aromatic carbocycles. The summed E-state index contributed by atoms with van der Waals surface area (Å²) in [4.78, 5) is 7.04. The highest BCUT2D eigenvalue weighted by molar-refractivity contribution is 5.33. The zero-order valence-corrected chi connectivity index (χ0v) is 15.7. The summed E-state index contributed by atoms with van der Waals surface area (Å²) in [6, 6.07) is 8.72. The van der Waals surface area contributed by atoms with E-state index in [-0.39, 0.29) is 12.6 Å². The molecule has 0 aliphatic heterocycles. The van der Waals surface area contributed by atoms with Crippen LogP contribution in [0.2, 0.25) is 0 Å². The van der Waals surface area contributed by atoms with E-state index >= 15 is 0 Å². The average molecular weight is 329 g/mol. The van der Waals surface area contributed by atoms with Gasteiger partial charge in [0.05, 0.1) is 6.61 Å². The van der Waals surface area contributed by atoms with Crippen molar-refractivity contribution in [2.75, 3.05) is 19.7 Å². The van der Waals surface area contributed by atoms with Crippen LogP contribution in [0.5, 0.6) is 0 Å². The maximum Gasteiger partial charge on any atom is 0.136 e. The maximum absolute atomic E-state index is 9.45. The van der Waals surface area contributed by atoms with Crippen molar-refractivity contribution in [3.63, 3.8) is 0 Å². The fraction of sp³-hybridized carbons (Fsp3) is 0.550. The maximum atomic E-state index is 9.45. The van der Waals surface area contributed by atoms with Crippen molar-refractivity contribution in [2.24, 2.45) is 0 Å². The normalized spacial score (nSPS) is 14.1. The van der Waals surface area contributed by atoms with Crippen LogP contribution in [-0.4, -0.2) is 45.3 Å². The van der Waals surface area contributed by atoms with Gasteiger partial charge in [-0.1, -0.05) is 19.9 Å². The molecule has 0 amide bonds. The molecule has 0 spiro atoms. The summed E-state index contributed by atoms with van der Waals surface area (Å²) in [7, 11) is 0. The Morgan fingerprint density at radius 2 is 1.79 bits per heavy atom. The Balaban J connectivity index is 2.12. The van der Waals surface area contributed by atoms with E-state index in [1.807, 2.05) is 6.20 Å². The van der Waals surface area contributed by atoms with E-state index in [4.69, 9.17) is 0 Å². The molecule has 2 heterocycles. The van der Waals surface area contributed by atoms with E-state index in [0.29, 0.717) is 5.92 Å². The Kier molecular flexibility index (Phi) is 6.58. The Morgan fingerprint density at radius 1 is 1.12 bits per heavy atom. The summed E-state index contributed by atoms with van der Waals surface area (Å²) in [5.41, 5.74) is 3.64. The summed E-state index contributed by atoms with van der Waals surface area (Å²) in [5.74, 6) is 1.36. The largest absolute Gasteiger partial charge is 0.395 e. The van der Waals surface area contributed by atoms with Gasteiger partial charge in [0.2, 0.25) is 0 Å². The molecule has 2 aromatic rings. The van der Waals surface area contributed by atoms with E-state index < -0.39 is 0 Å². The number of aryl methyl sites for hydroxylation is 2. The second kappa shape index (κ2) is 8.45. The van der Waals surface area contributed by atoms with Crippen LogP contribution in [0, 0.1) is 13.8 Å². The van der Waals surface area contributed by atoms with Gasteiger partial charge in [-0.25, -0.2) is 4.98 Å². The second-order valence-corrected chi connectivity index (χ2v) is 6.83. The summed E-state index contributed by atoms with van der Waals surface area (Å²) in [6.07, 6.45) is 3.09. The minimum atomic E-state index is 0.199.